The average molecular weight is 360 g/mol. The van der Waals surface area contributed by atoms with E-state index >= 15 is 0 Å². The van der Waals surface area contributed by atoms with Crippen LogP contribution >= 0.6 is 23.6 Å². The van der Waals surface area contributed by atoms with Gasteiger partial charge < -0.3 is 4.57 Å². The molecule has 3 heterocycles. The van der Waals surface area contributed by atoms with Gasteiger partial charge >= 0.3 is 0 Å². The molecule has 0 unspecified atom stereocenters. The van der Waals surface area contributed by atoms with Crippen LogP contribution in [-0.2, 0) is 9.59 Å². The maximum absolute atomic E-state index is 12.6. The normalized spacial score (nSPS) is 15.4. The predicted molar refractivity (Wildman–Crippen MR) is 96.8 cm³/mol. The highest BCUT2D eigenvalue weighted by atomic mass is 32.1. The molecule has 124 valence electrons. The highest BCUT2D eigenvalue weighted by Crippen LogP contribution is 2.24. The maximum Gasteiger partial charge on any atom is 0.265 e. The molecular formula is C16H16N4O2S2. The third-order valence-electron chi connectivity index (χ3n) is 3.67. The van der Waals surface area contributed by atoms with Crippen LogP contribution in [0.15, 0.2) is 36.3 Å². The molecule has 0 bridgehead atoms. The molecule has 6 nitrogen and oxygen atoms in total. The molecule has 1 fully saturated rings. The third kappa shape index (κ3) is 2.78. The number of hydrogen-bond acceptors (Lipinski definition) is 5. The molecule has 2 amide bonds. The summed E-state index contributed by atoms with van der Waals surface area (Å²) >= 11 is 6.65. The van der Waals surface area contributed by atoms with Gasteiger partial charge in [-0.05, 0) is 44.3 Å². The van der Waals surface area contributed by atoms with E-state index in [4.69, 9.17) is 12.2 Å². The maximum atomic E-state index is 12.6. The molecule has 0 N–H and O–H groups in total. The van der Waals surface area contributed by atoms with E-state index in [-0.39, 0.29) is 22.5 Å². The summed E-state index contributed by atoms with van der Waals surface area (Å²) in [6.07, 6.45) is 7.04. The van der Waals surface area contributed by atoms with Crippen molar-refractivity contribution < 1.29 is 9.59 Å². The Balaban J connectivity index is 1.97. The SMILES string of the molecule is CCN1C(=O)C(=Cc2cnc(-n3cccc3)s2)C(=O)N(CC)C1=S. The first-order valence-corrected chi connectivity index (χ1v) is 8.77. The van der Waals surface area contributed by atoms with Gasteiger partial charge in [0.1, 0.15) is 5.57 Å². The molecule has 2 aromatic heterocycles. The number of carbonyl (C=O) groups excluding carboxylic acids is 2. The summed E-state index contributed by atoms with van der Waals surface area (Å²) in [5, 5.41) is 1.04. The van der Waals surface area contributed by atoms with Crippen LogP contribution in [0.25, 0.3) is 11.2 Å². The minimum absolute atomic E-state index is 0.120. The molecule has 1 aliphatic rings. The zero-order valence-corrected chi connectivity index (χ0v) is 14.9. The highest BCUT2D eigenvalue weighted by Gasteiger charge is 2.37. The zero-order chi connectivity index (χ0) is 17.3. The Kier molecular flexibility index (Phi) is 4.59. The largest absolute Gasteiger partial charge is 0.300 e. The van der Waals surface area contributed by atoms with Gasteiger partial charge in [-0.2, -0.15) is 0 Å². The number of amides is 2. The summed E-state index contributed by atoms with van der Waals surface area (Å²) < 4.78 is 1.88. The first-order valence-electron chi connectivity index (χ1n) is 7.55. The van der Waals surface area contributed by atoms with Crippen molar-refractivity contribution in [3.63, 3.8) is 0 Å². The fourth-order valence-corrected chi connectivity index (χ4v) is 3.70. The van der Waals surface area contributed by atoms with E-state index in [2.05, 4.69) is 4.98 Å². The van der Waals surface area contributed by atoms with Gasteiger partial charge in [0, 0.05) is 31.7 Å². The summed E-state index contributed by atoms with van der Waals surface area (Å²) in [5.74, 6) is -0.707. The Bertz CT molecular complexity index is 795. The van der Waals surface area contributed by atoms with Gasteiger partial charge in [-0.25, -0.2) is 4.98 Å². The highest BCUT2D eigenvalue weighted by molar-refractivity contribution is 7.80. The quantitative estimate of drug-likeness (QED) is 0.477. The topological polar surface area (TPSA) is 58.4 Å². The van der Waals surface area contributed by atoms with Gasteiger partial charge in [0.05, 0.1) is 4.88 Å². The summed E-state index contributed by atoms with van der Waals surface area (Å²) in [7, 11) is 0. The van der Waals surface area contributed by atoms with Crippen LogP contribution in [-0.4, -0.2) is 49.4 Å². The second-order valence-electron chi connectivity index (χ2n) is 5.07. The van der Waals surface area contributed by atoms with Crippen molar-refractivity contribution in [1.29, 1.82) is 0 Å². The van der Waals surface area contributed by atoms with E-state index in [1.54, 1.807) is 12.3 Å². The molecule has 0 atom stereocenters. The minimum Gasteiger partial charge on any atom is -0.300 e. The van der Waals surface area contributed by atoms with Crippen LogP contribution in [0.1, 0.15) is 18.7 Å². The number of thiocarbonyl (C=S) groups is 1. The standard InChI is InChI=1S/C16H16N4O2S2/c1-3-19-13(21)12(14(22)20(4-2)16(19)23)9-11-10-17-15(24-11)18-7-5-6-8-18/h5-10H,3-4H2,1-2H3. The van der Waals surface area contributed by atoms with Crippen molar-refractivity contribution in [3.05, 3.63) is 41.2 Å². The fraction of sp³-hybridized carbons (Fsp3) is 0.250. The molecular weight excluding hydrogens is 344 g/mol. The lowest BCUT2D eigenvalue weighted by Crippen LogP contribution is -2.55. The Morgan fingerprint density at radius 2 is 1.71 bits per heavy atom. The molecule has 2 aromatic rings. The number of rotatable bonds is 4. The first kappa shape index (κ1) is 16.5. The Labute approximate surface area is 149 Å². The number of likely N-dealkylation sites (N-methyl/N-ethyl adjacent to an activating group) is 2. The van der Waals surface area contributed by atoms with Gasteiger partial charge in [-0.1, -0.05) is 11.3 Å². The van der Waals surface area contributed by atoms with E-state index in [1.807, 2.05) is 42.9 Å². The Hall–Kier alpha value is -2.32. The number of aromatic nitrogens is 2. The van der Waals surface area contributed by atoms with Crippen LogP contribution in [0.4, 0.5) is 0 Å². The summed E-state index contributed by atoms with van der Waals surface area (Å²) in [4.78, 5) is 33.1. The van der Waals surface area contributed by atoms with Crippen molar-refractivity contribution in [3.8, 4) is 5.13 Å². The van der Waals surface area contributed by atoms with Crippen LogP contribution in [0, 0.1) is 0 Å². The van der Waals surface area contributed by atoms with Crippen molar-refractivity contribution in [2.24, 2.45) is 0 Å². The summed E-state index contributed by atoms with van der Waals surface area (Å²) in [6.45, 7) is 4.52. The van der Waals surface area contributed by atoms with E-state index < -0.39 is 0 Å². The van der Waals surface area contributed by atoms with Crippen molar-refractivity contribution in [2.75, 3.05) is 13.1 Å². The zero-order valence-electron chi connectivity index (χ0n) is 13.3. The lowest BCUT2D eigenvalue weighted by atomic mass is 10.1. The molecule has 3 rings (SSSR count). The summed E-state index contributed by atoms with van der Waals surface area (Å²) in [5.41, 5.74) is 0.120. The lowest BCUT2D eigenvalue weighted by molar-refractivity contribution is -0.133. The third-order valence-corrected chi connectivity index (χ3v) is 5.07. The number of nitrogens with zero attached hydrogens (tertiary/aromatic N) is 4. The Morgan fingerprint density at radius 1 is 1.12 bits per heavy atom. The molecule has 0 saturated carbocycles. The van der Waals surface area contributed by atoms with E-state index in [0.29, 0.717) is 13.1 Å². The minimum atomic E-state index is -0.354. The molecule has 0 radical (unpaired) electrons. The van der Waals surface area contributed by atoms with Crippen LogP contribution in [0.5, 0.6) is 0 Å². The number of carbonyl (C=O) groups is 2. The van der Waals surface area contributed by atoms with Gasteiger partial charge in [0.25, 0.3) is 11.8 Å². The Morgan fingerprint density at radius 3 is 2.25 bits per heavy atom. The van der Waals surface area contributed by atoms with E-state index in [9.17, 15) is 9.59 Å². The number of thiazole rings is 1. The fourth-order valence-electron chi connectivity index (χ4n) is 2.45. The molecule has 0 aliphatic carbocycles. The molecule has 1 aliphatic heterocycles. The summed E-state index contributed by atoms with van der Waals surface area (Å²) in [6, 6.07) is 3.82. The van der Waals surface area contributed by atoms with Gasteiger partial charge in [-0.3, -0.25) is 19.4 Å². The van der Waals surface area contributed by atoms with Crippen molar-refractivity contribution in [1.82, 2.24) is 19.4 Å². The number of hydrogen-bond donors (Lipinski definition) is 0. The van der Waals surface area contributed by atoms with Gasteiger partial charge in [0.15, 0.2) is 10.2 Å². The monoisotopic (exact) mass is 360 g/mol. The first-order chi connectivity index (χ1) is 11.6. The molecule has 8 heteroatoms. The van der Waals surface area contributed by atoms with Crippen LogP contribution < -0.4 is 0 Å². The molecule has 1 saturated heterocycles. The smallest absolute Gasteiger partial charge is 0.265 e. The second kappa shape index (κ2) is 6.66. The van der Waals surface area contributed by atoms with Crippen LogP contribution in [0.3, 0.4) is 0 Å². The predicted octanol–water partition coefficient (Wildman–Crippen LogP) is 2.31. The lowest BCUT2D eigenvalue weighted by Gasteiger charge is -2.35. The average Bonchev–Trinajstić information content (AvgIpc) is 3.24. The second-order valence-corrected chi connectivity index (χ2v) is 6.48. The van der Waals surface area contributed by atoms with E-state index in [1.165, 1.54) is 21.1 Å². The van der Waals surface area contributed by atoms with E-state index in [0.717, 1.165) is 10.0 Å². The van der Waals surface area contributed by atoms with Crippen LogP contribution in [0.2, 0.25) is 0 Å². The van der Waals surface area contributed by atoms with Crippen molar-refractivity contribution >= 4 is 46.6 Å². The molecule has 0 spiro atoms. The van der Waals surface area contributed by atoms with Crippen molar-refractivity contribution in [2.45, 2.75) is 13.8 Å². The molecule has 24 heavy (non-hydrogen) atoms. The van der Waals surface area contributed by atoms with Gasteiger partial charge in [-0.15, -0.1) is 0 Å². The van der Waals surface area contributed by atoms with Gasteiger partial charge in [0.2, 0.25) is 0 Å². The molecule has 0 aromatic carbocycles.